The number of methoxy groups -OCH3 is 1. The topological polar surface area (TPSA) is 54.7 Å². The van der Waals surface area contributed by atoms with Crippen molar-refractivity contribution in [2.24, 2.45) is 5.16 Å². The summed E-state index contributed by atoms with van der Waals surface area (Å²) in [6.07, 6.45) is 4.61. The van der Waals surface area contributed by atoms with Gasteiger partial charge in [-0.25, -0.2) is 4.98 Å². The SMILES string of the molecule is COc1cc2c(cn1)CCCC2=NO. The van der Waals surface area contributed by atoms with E-state index in [4.69, 9.17) is 9.94 Å². The van der Waals surface area contributed by atoms with Crippen LogP contribution in [-0.2, 0) is 6.42 Å². The Balaban J connectivity index is 2.49. The molecule has 0 radical (unpaired) electrons. The molecule has 0 amide bonds. The predicted molar refractivity (Wildman–Crippen MR) is 52.1 cm³/mol. The summed E-state index contributed by atoms with van der Waals surface area (Å²) >= 11 is 0. The van der Waals surface area contributed by atoms with Crippen LogP contribution >= 0.6 is 0 Å². The molecule has 0 unspecified atom stereocenters. The molecule has 4 heteroatoms. The Morgan fingerprint density at radius 3 is 3.07 bits per heavy atom. The van der Waals surface area contributed by atoms with Gasteiger partial charge in [0.05, 0.1) is 12.8 Å². The second kappa shape index (κ2) is 3.65. The fourth-order valence-corrected chi connectivity index (χ4v) is 1.73. The molecule has 74 valence electrons. The molecule has 14 heavy (non-hydrogen) atoms. The number of hydrogen-bond donors (Lipinski definition) is 1. The second-order valence-electron chi connectivity index (χ2n) is 3.28. The fourth-order valence-electron chi connectivity index (χ4n) is 1.73. The molecule has 0 fully saturated rings. The second-order valence-corrected chi connectivity index (χ2v) is 3.28. The van der Waals surface area contributed by atoms with Crippen molar-refractivity contribution in [1.82, 2.24) is 4.98 Å². The van der Waals surface area contributed by atoms with Crippen LogP contribution in [0.15, 0.2) is 17.4 Å². The third-order valence-corrected chi connectivity index (χ3v) is 2.46. The first-order valence-corrected chi connectivity index (χ1v) is 4.59. The molecule has 0 saturated heterocycles. The van der Waals surface area contributed by atoms with Gasteiger partial charge in [0.15, 0.2) is 0 Å². The summed E-state index contributed by atoms with van der Waals surface area (Å²) in [6.45, 7) is 0. The lowest BCUT2D eigenvalue weighted by atomic mass is 9.92. The lowest BCUT2D eigenvalue weighted by molar-refractivity contribution is 0.317. The van der Waals surface area contributed by atoms with Gasteiger partial charge in [0.2, 0.25) is 5.88 Å². The molecule has 1 aliphatic rings. The first kappa shape index (κ1) is 8.99. The number of fused-ring (bicyclic) bond motifs is 1. The van der Waals surface area contributed by atoms with E-state index in [0.29, 0.717) is 5.88 Å². The number of aromatic nitrogens is 1. The van der Waals surface area contributed by atoms with E-state index in [9.17, 15) is 0 Å². The Morgan fingerprint density at radius 2 is 2.36 bits per heavy atom. The summed E-state index contributed by atoms with van der Waals surface area (Å²) in [5, 5.41) is 12.1. The summed E-state index contributed by atoms with van der Waals surface area (Å²) in [5.74, 6) is 0.562. The first-order valence-electron chi connectivity index (χ1n) is 4.59. The standard InChI is InChI=1S/C10H12N2O2/c1-14-10-5-8-7(6-11-10)3-2-4-9(8)12-13/h5-6,13H,2-4H2,1H3. The number of pyridine rings is 1. The number of oxime groups is 1. The predicted octanol–water partition coefficient (Wildman–Crippen LogP) is 1.60. The molecule has 1 aromatic rings. The zero-order valence-electron chi connectivity index (χ0n) is 8.03. The largest absolute Gasteiger partial charge is 0.481 e. The summed E-state index contributed by atoms with van der Waals surface area (Å²) in [6, 6.07) is 1.82. The van der Waals surface area contributed by atoms with Crippen molar-refractivity contribution in [3.63, 3.8) is 0 Å². The van der Waals surface area contributed by atoms with E-state index < -0.39 is 0 Å². The minimum absolute atomic E-state index is 0.562. The Bertz CT molecular complexity index is 374. The van der Waals surface area contributed by atoms with E-state index >= 15 is 0 Å². The average molecular weight is 192 g/mol. The number of nitrogens with zero attached hydrogens (tertiary/aromatic N) is 2. The van der Waals surface area contributed by atoms with Gasteiger partial charge in [-0.3, -0.25) is 0 Å². The molecule has 1 aliphatic carbocycles. The van der Waals surface area contributed by atoms with Crippen LogP contribution in [-0.4, -0.2) is 23.0 Å². The zero-order valence-corrected chi connectivity index (χ0v) is 8.03. The van der Waals surface area contributed by atoms with E-state index in [2.05, 4.69) is 10.1 Å². The van der Waals surface area contributed by atoms with E-state index in [1.807, 2.05) is 6.07 Å². The van der Waals surface area contributed by atoms with Crippen LogP contribution in [0.1, 0.15) is 24.0 Å². The highest BCUT2D eigenvalue weighted by atomic mass is 16.5. The molecule has 0 bridgehead atoms. The van der Waals surface area contributed by atoms with Gasteiger partial charge in [0.1, 0.15) is 0 Å². The monoisotopic (exact) mass is 192 g/mol. The van der Waals surface area contributed by atoms with Gasteiger partial charge in [0, 0.05) is 17.8 Å². The molecule has 1 heterocycles. The summed E-state index contributed by atoms with van der Waals surface area (Å²) in [7, 11) is 1.58. The van der Waals surface area contributed by atoms with Crippen LogP contribution in [0, 0.1) is 0 Å². The highest BCUT2D eigenvalue weighted by Gasteiger charge is 2.17. The summed E-state index contributed by atoms with van der Waals surface area (Å²) in [5.41, 5.74) is 2.82. The molecule has 1 aromatic heterocycles. The molecule has 1 N–H and O–H groups in total. The smallest absolute Gasteiger partial charge is 0.213 e. The van der Waals surface area contributed by atoms with Crippen molar-refractivity contribution in [3.8, 4) is 5.88 Å². The molecule has 0 saturated carbocycles. The van der Waals surface area contributed by atoms with Crippen molar-refractivity contribution in [2.45, 2.75) is 19.3 Å². The van der Waals surface area contributed by atoms with E-state index in [1.54, 1.807) is 13.3 Å². The van der Waals surface area contributed by atoms with Gasteiger partial charge < -0.3 is 9.94 Å². The molecular weight excluding hydrogens is 180 g/mol. The van der Waals surface area contributed by atoms with Crippen LogP contribution in [0.3, 0.4) is 0 Å². The maximum Gasteiger partial charge on any atom is 0.213 e. The van der Waals surface area contributed by atoms with Crippen molar-refractivity contribution in [2.75, 3.05) is 7.11 Å². The molecule has 0 atom stereocenters. The van der Waals surface area contributed by atoms with E-state index in [-0.39, 0.29) is 0 Å². The van der Waals surface area contributed by atoms with Crippen LogP contribution in [0.2, 0.25) is 0 Å². The van der Waals surface area contributed by atoms with Crippen LogP contribution in [0.5, 0.6) is 5.88 Å². The van der Waals surface area contributed by atoms with E-state index in [0.717, 1.165) is 36.1 Å². The maximum absolute atomic E-state index is 8.83. The molecule has 0 spiro atoms. The Kier molecular flexibility index (Phi) is 2.35. The lowest BCUT2D eigenvalue weighted by Gasteiger charge is -2.16. The minimum atomic E-state index is 0.562. The Labute approximate surface area is 82.2 Å². The Hall–Kier alpha value is -1.58. The van der Waals surface area contributed by atoms with Crippen molar-refractivity contribution in [1.29, 1.82) is 0 Å². The Morgan fingerprint density at radius 1 is 1.50 bits per heavy atom. The quantitative estimate of drug-likeness (QED) is 0.543. The average Bonchev–Trinajstić information content (AvgIpc) is 2.27. The first-order chi connectivity index (χ1) is 6.85. The third-order valence-electron chi connectivity index (χ3n) is 2.46. The lowest BCUT2D eigenvalue weighted by Crippen LogP contribution is -2.12. The number of hydrogen-bond acceptors (Lipinski definition) is 4. The molecule has 0 aromatic carbocycles. The number of rotatable bonds is 1. The summed E-state index contributed by atoms with van der Waals surface area (Å²) < 4.78 is 5.03. The minimum Gasteiger partial charge on any atom is -0.481 e. The normalized spacial score (nSPS) is 17.9. The zero-order chi connectivity index (χ0) is 9.97. The van der Waals surface area contributed by atoms with Crippen molar-refractivity contribution < 1.29 is 9.94 Å². The van der Waals surface area contributed by atoms with Crippen LogP contribution in [0.25, 0.3) is 0 Å². The molecular formula is C10H12N2O2. The maximum atomic E-state index is 8.83. The third kappa shape index (κ3) is 1.43. The molecule has 0 aliphatic heterocycles. The van der Waals surface area contributed by atoms with E-state index in [1.165, 1.54) is 0 Å². The van der Waals surface area contributed by atoms with Crippen molar-refractivity contribution >= 4 is 5.71 Å². The van der Waals surface area contributed by atoms with Crippen LogP contribution < -0.4 is 4.74 Å². The summed E-state index contributed by atoms with van der Waals surface area (Å²) in [4.78, 5) is 4.12. The van der Waals surface area contributed by atoms with Gasteiger partial charge in [0.25, 0.3) is 0 Å². The molecule has 4 nitrogen and oxygen atoms in total. The van der Waals surface area contributed by atoms with Gasteiger partial charge in [-0.15, -0.1) is 0 Å². The van der Waals surface area contributed by atoms with Gasteiger partial charge in [-0.05, 0) is 24.8 Å². The number of aryl methyl sites for hydroxylation is 1. The van der Waals surface area contributed by atoms with Gasteiger partial charge >= 0.3 is 0 Å². The van der Waals surface area contributed by atoms with Crippen molar-refractivity contribution in [3.05, 3.63) is 23.4 Å². The van der Waals surface area contributed by atoms with Gasteiger partial charge in [-0.2, -0.15) is 0 Å². The van der Waals surface area contributed by atoms with Gasteiger partial charge in [-0.1, -0.05) is 5.16 Å². The highest BCUT2D eigenvalue weighted by molar-refractivity contribution is 6.02. The highest BCUT2D eigenvalue weighted by Crippen LogP contribution is 2.23. The number of ether oxygens (including phenoxy) is 1. The van der Waals surface area contributed by atoms with Crippen LogP contribution in [0.4, 0.5) is 0 Å². The molecule has 2 rings (SSSR count). The fraction of sp³-hybridized carbons (Fsp3) is 0.400.